The Kier molecular flexibility index (Phi) is 8.26. The van der Waals surface area contributed by atoms with E-state index in [4.69, 9.17) is 9.41 Å². The fourth-order valence-electron chi connectivity index (χ4n) is 2.73. The van der Waals surface area contributed by atoms with E-state index in [-0.39, 0.29) is 24.0 Å². The molecule has 7 nitrogen and oxygen atoms in total. The Labute approximate surface area is 175 Å². The monoisotopic (exact) mass is 490 g/mol. The number of furan rings is 1. The Morgan fingerprint density at radius 3 is 3.08 bits per heavy atom. The van der Waals surface area contributed by atoms with Gasteiger partial charge in [0.1, 0.15) is 12.4 Å². The zero-order valence-electron chi connectivity index (χ0n) is 15.4. The SMILES string of the molecule is CCNC(=NCc1nc(-c2ccco2)n[nH]1)N1CCSC(C(C)C)C1.I. The van der Waals surface area contributed by atoms with Crippen LogP contribution in [-0.2, 0) is 6.54 Å². The molecule has 26 heavy (non-hydrogen) atoms. The predicted octanol–water partition coefficient (Wildman–Crippen LogP) is 3.22. The maximum absolute atomic E-state index is 5.32. The van der Waals surface area contributed by atoms with Gasteiger partial charge in [0.05, 0.1) is 6.26 Å². The quantitative estimate of drug-likeness (QED) is 0.381. The summed E-state index contributed by atoms with van der Waals surface area (Å²) in [6.07, 6.45) is 1.62. The molecular formula is C17H27IN6OS. The average molecular weight is 490 g/mol. The van der Waals surface area contributed by atoms with Crippen LogP contribution in [0, 0.1) is 5.92 Å². The van der Waals surface area contributed by atoms with Gasteiger partial charge in [-0.05, 0) is 25.0 Å². The highest BCUT2D eigenvalue weighted by Gasteiger charge is 2.24. The molecule has 0 radical (unpaired) electrons. The summed E-state index contributed by atoms with van der Waals surface area (Å²) in [7, 11) is 0. The second-order valence-corrected chi connectivity index (χ2v) is 7.70. The summed E-state index contributed by atoms with van der Waals surface area (Å²) in [6, 6.07) is 3.67. The first-order valence-corrected chi connectivity index (χ1v) is 9.82. The molecule has 144 valence electrons. The van der Waals surface area contributed by atoms with Crippen molar-refractivity contribution in [3.8, 4) is 11.6 Å². The number of halogens is 1. The van der Waals surface area contributed by atoms with Gasteiger partial charge in [-0.15, -0.1) is 29.1 Å². The number of nitrogens with one attached hydrogen (secondary N) is 2. The van der Waals surface area contributed by atoms with Crippen molar-refractivity contribution in [1.82, 2.24) is 25.4 Å². The molecule has 0 spiro atoms. The highest BCUT2D eigenvalue weighted by Crippen LogP contribution is 2.25. The molecule has 0 amide bonds. The van der Waals surface area contributed by atoms with Gasteiger partial charge in [-0.3, -0.25) is 5.10 Å². The van der Waals surface area contributed by atoms with Gasteiger partial charge in [0.2, 0.25) is 5.82 Å². The molecule has 1 aliphatic rings. The fraction of sp³-hybridized carbons (Fsp3) is 0.588. The highest BCUT2D eigenvalue weighted by atomic mass is 127. The fourth-order valence-corrected chi connectivity index (χ4v) is 4.03. The highest BCUT2D eigenvalue weighted by molar-refractivity contribution is 14.0. The maximum Gasteiger partial charge on any atom is 0.216 e. The average Bonchev–Trinajstić information content (AvgIpc) is 3.30. The van der Waals surface area contributed by atoms with E-state index in [0.717, 1.165) is 37.2 Å². The molecule has 1 atom stereocenters. The topological polar surface area (TPSA) is 82.3 Å². The zero-order chi connectivity index (χ0) is 17.6. The molecule has 2 aromatic rings. The van der Waals surface area contributed by atoms with Gasteiger partial charge in [-0.1, -0.05) is 13.8 Å². The zero-order valence-corrected chi connectivity index (χ0v) is 18.6. The molecule has 0 saturated carbocycles. The van der Waals surface area contributed by atoms with Crippen molar-refractivity contribution < 1.29 is 4.42 Å². The molecule has 1 saturated heterocycles. The van der Waals surface area contributed by atoms with Gasteiger partial charge < -0.3 is 14.6 Å². The van der Waals surface area contributed by atoms with Crippen molar-refractivity contribution in [2.75, 3.05) is 25.4 Å². The van der Waals surface area contributed by atoms with Crippen LogP contribution in [0.4, 0.5) is 0 Å². The Morgan fingerprint density at radius 1 is 1.54 bits per heavy atom. The molecule has 9 heteroatoms. The van der Waals surface area contributed by atoms with E-state index in [1.54, 1.807) is 6.26 Å². The van der Waals surface area contributed by atoms with Gasteiger partial charge in [0.25, 0.3) is 0 Å². The molecule has 2 N–H and O–H groups in total. The molecule has 0 aliphatic carbocycles. The third-order valence-corrected chi connectivity index (χ3v) is 5.66. The van der Waals surface area contributed by atoms with Crippen LogP contribution in [0.15, 0.2) is 27.8 Å². The van der Waals surface area contributed by atoms with Crippen molar-refractivity contribution in [1.29, 1.82) is 0 Å². The van der Waals surface area contributed by atoms with Crippen LogP contribution in [0.1, 0.15) is 26.6 Å². The van der Waals surface area contributed by atoms with Crippen LogP contribution in [0.5, 0.6) is 0 Å². The first kappa shape index (κ1) is 21.1. The number of hydrogen-bond acceptors (Lipinski definition) is 5. The minimum atomic E-state index is 0. The summed E-state index contributed by atoms with van der Waals surface area (Å²) in [5.74, 6) is 4.71. The smallest absolute Gasteiger partial charge is 0.216 e. The number of rotatable bonds is 5. The summed E-state index contributed by atoms with van der Waals surface area (Å²) in [4.78, 5) is 11.6. The van der Waals surface area contributed by atoms with E-state index in [1.165, 1.54) is 0 Å². The van der Waals surface area contributed by atoms with E-state index >= 15 is 0 Å². The van der Waals surface area contributed by atoms with Crippen molar-refractivity contribution in [3.63, 3.8) is 0 Å². The normalized spacial score (nSPS) is 18.1. The summed E-state index contributed by atoms with van der Waals surface area (Å²) >= 11 is 2.06. The number of thioether (sulfide) groups is 1. The van der Waals surface area contributed by atoms with Crippen LogP contribution < -0.4 is 5.32 Å². The Balaban J connectivity index is 0.00000243. The lowest BCUT2D eigenvalue weighted by atomic mass is 10.1. The number of aromatic nitrogens is 3. The van der Waals surface area contributed by atoms with Crippen LogP contribution >= 0.6 is 35.7 Å². The van der Waals surface area contributed by atoms with Crippen LogP contribution in [-0.4, -0.2) is 56.7 Å². The van der Waals surface area contributed by atoms with Gasteiger partial charge >= 0.3 is 0 Å². The lowest BCUT2D eigenvalue weighted by Gasteiger charge is -2.36. The Morgan fingerprint density at radius 2 is 2.38 bits per heavy atom. The van der Waals surface area contributed by atoms with Crippen molar-refractivity contribution in [2.24, 2.45) is 10.9 Å². The number of nitrogens with zero attached hydrogens (tertiary/aromatic N) is 4. The minimum absolute atomic E-state index is 0. The lowest BCUT2D eigenvalue weighted by molar-refractivity contribution is 0.380. The van der Waals surface area contributed by atoms with Gasteiger partial charge in [-0.2, -0.15) is 11.8 Å². The number of aromatic amines is 1. The predicted molar refractivity (Wildman–Crippen MR) is 117 cm³/mol. The van der Waals surface area contributed by atoms with E-state index < -0.39 is 0 Å². The van der Waals surface area contributed by atoms with E-state index in [1.807, 2.05) is 12.1 Å². The number of hydrogen-bond donors (Lipinski definition) is 2. The molecule has 1 unspecified atom stereocenters. The molecule has 0 bridgehead atoms. The van der Waals surface area contributed by atoms with Crippen LogP contribution in [0.3, 0.4) is 0 Å². The first-order valence-electron chi connectivity index (χ1n) is 8.77. The number of guanidine groups is 1. The van der Waals surface area contributed by atoms with E-state index in [9.17, 15) is 0 Å². The number of H-pyrrole nitrogens is 1. The first-order chi connectivity index (χ1) is 12.2. The third kappa shape index (κ3) is 5.38. The molecular weight excluding hydrogens is 463 g/mol. The van der Waals surface area contributed by atoms with Crippen molar-refractivity contribution in [2.45, 2.75) is 32.6 Å². The van der Waals surface area contributed by atoms with Gasteiger partial charge in [0, 0.05) is 30.6 Å². The van der Waals surface area contributed by atoms with E-state index in [0.29, 0.717) is 29.3 Å². The Bertz CT molecular complexity index is 687. The Hall–Kier alpha value is -1.23. The van der Waals surface area contributed by atoms with Gasteiger partial charge in [0.15, 0.2) is 11.7 Å². The summed E-state index contributed by atoms with van der Waals surface area (Å²) in [5.41, 5.74) is 0. The molecule has 3 rings (SSSR count). The number of aliphatic imine (C=N–C) groups is 1. The second kappa shape index (κ2) is 10.2. The van der Waals surface area contributed by atoms with Crippen LogP contribution in [0.2, 0.25) is 0 Å². The molecule has 3 heterocycles. The second-order valence-electron chi connectivity index (χ2n) is 6.35. The van der Waals surface area contributed by atoms with Crippen molar-refractivity contribution >= 4 is 41.7 Å². The summed E-state index contributed by atoms with van der Waals surface area (Å²) < 4.78 is 5.32. The molecule has 0 aromatic carbocycles. The minimum Gasteiger partial charge on any atom is -0.461 e. The largest absolute Gasteiger partial charge is 0.461 e. The van der Waals surface area contributed by atoms with E-state index in [2.05, 4.69) is 57.9 Å². The lowest BCUT2D eigenvalue weighted by Crippen LogP contribution is -2.49. The van der Waals surface area contributed by atoms with Gasteiger partial charge in [-0.25, -0.2) is 9.98 Å². The summed E-state index contributed by atoms with van der Waals surface area (Å²) in [6.45, 7) is 10.0. The maximum atomic E-state index is 5.32. The molecule has 1 fully saturated rings. The molecule has 2 aromatic heterocycles. The third-order valence-electron chi connectivity index (χ3n) is 4.12. The molecule has 1 aliphatic heterocycles. The standard InChI is InChI=1S/C17H26N6OS.HI/c1-4-18-17(23-7-9-25-14(11-23)12(2)3)19-10-15-20-16(22-21-15)13-6-5-8-24-13;/h5-6,8,12,14H,4,7,9-11H2,1-3H3,(H,18,19)(H,20,21,22);1H. The van der Waals surface area contributed by atoms with Crippen LogP contribution in [0.25, 0.3) is 11.6 Å². The summed E-state index contributed by atoms with van der Waals surface area (Å²) in [5, 5.41) is 11.2. The van der Waals surface area contributed by atoms with Crippen molar-refractivity contribution in [3.05, 3.63) is 24.2 Å².